The molecule has 0 fully saturated rings. The molecule has 3 rings (SSSR count). The lowest BCUT2D eigenvalue weighted by Crippen LogP contribution is -2.00. The summed E-state index contributed by atoms with van der Waals surface area (Å²) in [5.74, 6) is 0. The Balaban J connectivity index is 2.03. The van der Waals surface area contributed by atoms with E-state index in [-0.39, 0.29) is 0 Å². The quantitative estimate of drug-likeness (QED) is 0.720. The summed E-state index contributed by atoms with van der Waals surface area (Å²) in [6, 6.07) is 15.5. The molecule has 0 saturated carbocycles. The second-order valence-electron chi connectivity index (χ2n) is 5.12. The van der Waals surface area contributed by atoms with Gasteiger partial charge in [0.15, 0.2) is 0 Å². The topological polar surface area (TPSA) is 36.0 Å². The van der Waals surface area contributed by atoms with E-state index in [0.29, 0.717) is 5.02 Å². The van der Waals surface area contributed by atoms with Crippen molar-refractivity contribution in [1.29, 1.82) is 0 Å². The number of aromatic nitrogens is 1. The number of hydrogen-bond acceptors (Lipinski definition) is 1. The number of aryl methyl sites for hydroxylation is 1. The molecule has 2 aromatic carbocycles. The zero-order valence-electron chi connectivity index (χ0n) is 11.7. The van der Waals surface area contributed by atoms with Gasteiger partial charge in [-0.05, 0) is 18.6 Å². The first-order valence-electron chi connectivity index (χ1n) is 6.83. The van der Waals surface area contributed by atoms with Crippen molar-refractivity contribution in [3.8, 4) is 11.1 Å². The predicted molar refractivity (Wildman–Crippen MR) is 86.5 cm³/mol. The Morgan fingerprint density at radius 1 is 0.952 bits per heavy atom. The molecule has 0 spiro atoms. The molecule has 0 radical (unpaired) electrons. The minimum atomic E-state index is -0.678. The maximum absolute atomic E-state index is 10.6. The highest BCUT2D eigenvalue weighted by Gasteiger charge is 2.17. The average molecular weight is 298 g/mol. The third-order valence-corrected chi connectivity index (χ3v) is 3.96. The van der Waals surface area contributed by atoms with Crippen LogP contribution in [0.15, 0.2) is 60.9 Å². The Labute approximate surface area is 129 Å². The molecule has 2 nitrogen and oxygen atoms in total. The zero-order chi connectivity index (χ0) is 14.8. The van der Waals surface area contributed by atoms with Gasteiger partial charge in [0, 0.05) is 34.1 Å². The normalized spacial score (nSPS) is 12.3. The van der Waals surface area contributed by atoms with E-state index in [1.807, 2.05) is 67.8 Å². The fraction of sp³-hybridized carbons (Fsp3) is 0.111. The lowest BCUT2D eigenvalue weighted by molar-refractivity contribution is 0.221. The number of hydrogen-bond donors (Lipinski definition) is 2. The van der Waals surface area contributed by atoms with E-state index in [2.05, 4.69) is 4.98 Å². The standard InChI is InChI=1S/C18H16ClNO/c1-12-6-8-13(9-7-12)18(21)16-11-20-10-15(16)14-4-2-3-5-17(14)19/h2-11,18,20-21H,1H3/t18-/m1/s1. The molecule has 2 N–H and O–H groups in total. The molecule has 1 atom stereocenters. The van der Waals surface area contributed by atoms with Crippen LogP contribution >= 0.6 is 11.6 Å². The summed E-state index contributed by atoms with van der Waals surface area (Å²) in [5, 5.41) is 11.3. The summed E-state index contributed by atoms with van der Waals surface area (Å²) in [6.07, 6.45) is 3.01. The van der Waals surface area contributed by atoms with Crippen LogP contribution in [0.25, 0.3) is 11.1 Å². The monoisotopic (exact) mass is 297 g/mol. The van der Waals surface area contributed by atoms with Crippen LogP contribution in [0.3, 0.4) is 0 Å². The Morgan fingerprint density at radius 3 is 2.38 bits per heavy atom. The number of nitrogens with one attached hydrogen (secondary N) is 1. The van der Waals surface area contributed by atoms with Gasteiger partial charge in [0.25, 0.3) is 0 Å². The Bertz CT molecular complexity index is 746. The molecule has 0 amide bonds. The van der Waals surface area contributed by atoms with Crippen LogP contribution in [0.2, 0.25) is 5.02 Å². The maximum Gasteiger partial charge on any atom is 0.106 e. The molecule has 0 aliphatic heterocycles. The minimum Gasteiger partial charge on any atom is -0.384 e. The molecule has 0 unspecified atom stereocenters. The van der Waals surface area contributed by atoms with Gasteiger partial charge in [-0.15, -0.1) is 0 Å². The van der Waals surface area contributed by atoms with Crippen LogP contribution in [0.4, 0.5) is 0 Å². The highest BCUT2D eigenvalue weighted by molar-refractivity contribution is 6.33. The van der Waals surface area contributed by atoms with Crippen LogP contribution in [0, 0.1) is 6.92 Å². The number of aliphatic hydroxyl groups excluding tert-OH is 1. The number of aliphatic hydroxyl groups is 1. The van der Waals surface area contributed by atoms with Gasteiger partial charge in [-0.1, -0.05) is 59.6 Å². The number of halogens is 1. The second-order valence-corrected chi connectivity index (χ2v) is 5.52. The molecule has 3 aromatic rings. The summed E-state index contributed by atoms with van der Waals surface area (Å²) in [6.45, 7) is 2.03. The van der Waals surface area contributed by atoms with Gasteiger partial charge < -0.3 is 10.1 Å². The highest BCUT2D eigenvalue weighted by Crippen LogP contribution is 2.35. The fourth-order valence-electron chi connectivity index (χ4n) is 2.44. The smallest absolute Gasteiger partial charge is 0.106 e. The first-order valence-corrected chi connectivity index (χ1v) is 7.21. The number of H-pyrrole nitrogens is 1. The molecular weight excluding hydrogens is 282 g/mol. The minimum absolute atomic E-state index is 0.675. The Hall–Kier alpha value is -2.03. The van der Waals surface area contributed by atoms with Crippen LogP contribution in [-0.2, 0) is 0 Å². The van der Waals surface area contributed by atoms with Gasteiger partial charge >= 0.3 is 0 Å². The molecule has 0 aliphatic carbocycles. The number of aromatic amines is 1. The van der Waals surface area contributed by atoms with Crippen molar-refractivity contribution in [3.63, 3.8) is 0 Å². The molecule has 0 bridgehead atoms. The summed E-state index contributed by atoms with van der Waals surface area (Å²) >= 11 is 6.26. The first kappa shape index (κ1) is 13.9. The molecule has 3 heteroatoms. The van der Waals surface area contributed by atoms with Crippen molar-refractivity contribution >= 4 is 11.6 Å². The Morgan fingerprint density at radius 2 is 1.67 bits per heavy atom. The van der Waals surface area contributed by atoms with E-state index in [4.69, 9.17) is 11.6 Å². The third kappa shape index (κ3) is 2.73. The van der Waals surface area contributed by atoms with Crippen molar-refractivity contribution in [2.75, 3.05) is 0 Å². The van der Waals surface area contributed by atoms with Crippen molar-refractivity contribution < 1.29 is 5.11 Å². The largest absolute Gasteiger partial charge is 0.384 e. The second kappa shape index (κ2) is 5.76. The van der Waals surface area contributed by atoms with Crippen LogP contribution in [0.1, 0.15) is 22.8 Å². The third-order valence-electron chi connectivity index (χ3n) is 3.63. The summed E-state index contributed by atoms with van der Waals surface area (Å²) in [4.78, 5) is 3.07. The van der Waals surface area contributed by atoms with Gasteiger partial charge in [-0.25, -0.2) is 0 Å². The van der Waals surface area contributed by atoms with E-state index >= 15 is 0 Å². The van der Waals surface area contributed by atoms with E-state index in [1.54, 1.807) is 0 Å². The predicted octanol–water partition coefficient (Wildman–Crippen LogP) is 4.73. The van der Waals surface area contributed by atoms with Crippen molar-refractivity contribution in [2.45, 2.75) is 13.0 Å². The SMILES string of the molecule is Cc1ccc([C@@H](O)c2c[nH]cc2-c2ccccc2Cl)cc1. The summed E-state index contributed by atoms with van der Waals surface area (Å²) in [7, 11) is 0. The van der Waals surface area contributed by atoms with Gasteiger partial charge in [0.05, 0.1) is 0 Å². The van der Waals surface area contributed by atoms with E-state index in [0.717, 1.165) is 22.3 Å². The van der Waals surface area contributed by atoms with Crippen molar-refractivity contribution in [2.24, 2.45) is 0 Å². The molecule has 0 aliphatic rings. The van der Waals surface area contributed by atoms with Crippen LogP contribution in [0.5, 0.6) is 0 Å². The lowest BCUT2D eigenvalue weighted by Gasteiger charge is -2.13. The molecular formula is C18H16ClNO. The molecule has 106 valence electrons. The first-order chi connectivity index (χ1) is 10.2. The van der Waals surface area contributed by atoms with Crippen LogP contribution in [-0.4, -0.2) is 10.1 Å². The molecule has 0 saturated heterocycles. The average Bonchev–Trinajstić information content (AvgIpc) is 2.97. The molecule has 1 aromatic heterocycles. The molecule has 21 heavy (non-hydrogen) atoms. The van der Waals surface area contributed by atoms with E-state index < -0.39 is 6.10 Å². The lowest BCUT2D eigenvalue weighted by atomic mass is 9.96. The summed E-state index contributed by atoms with van der Waals surface area (Å²) in [5.41, 5.74) is 4.71. The molecule has 1 heterocycles. The van der Waals surface area contributed by atoms with Gasteiger partial charge in [-0.3, -0.25) is 0 Å². The highest BCUT2D eigenvalue weighted by atomic mass is 35.5. The van der Waals surface area contributed by atoms with Crippen molar-refractivity contribution in [1.82, 2.24) is 4.98 Å². The Kier molecular flexibility index (Phi) is 3.82. The van der Waals surface area contributed by atoms with Gasteiger partial charge in [-0.2, -0.15) is 0 Å². The van der Waals surface area contributed by atoms with E-state index in [1.165, 1.54) is 5.56 Å². The number of rotatable bonds is 3. The van der Waals surface area contributed by atoms with Gasteiger partial charge in [0.2, 0.25) is 0 Å². The fourth-order valence-corrected chi connectivity index (χ4v) is 2.68. The van der Waals surface area contributed by atoms with Crippen molar-refractivity contribution in [3.05, 3.63) is 82.6 Å². The maximum atomic E-state index is 10.6. The van der Waals surface area contributed by atoms with Crippen LogP contribution < -0.4 is 0 Å². The zero-order valence-corrected chi connectivity index (χ0v) is 12.4. The van der Waals surface area contributed by atoms with E-state index in [9.17, 15) is 5.11 Å². The summed E-state index contributed by atoms with van der Waals surface area (Å²) < 4.78 is 0. The van der Waals surface area contributed by atoms with Gasteiger partial charge in [0.1, 0.15) is 6.10 Å². The number of benzene rings is 2.